The predicted molar refractivity (Wildman–Crippen MR) is 70.1 cm³/mol. The molecule has 2 heterocycles. The van der Waals surface area contributed by atoms with Crippen LogP contribution in [-0.2, 0) is 0 Å². The molecule has 0 aliphatic heterocycles. The quantitative estimate of drug-likeness (QED) is 0.778. The van der Waals surface area contributed by atoms with E-state index in [2.05, 4.69) is 15.1 Å². The monoisotopic (exact) mass is 261 g/mol. The Kier molecular flexibility index (Phi) is 2.60. The summed E-state index contributed by atoms with van der Waals surface area (Å²) in [6.07, 6.45) is 0. The van der Waals surface area contributed by atoms with Crippen molar-refractivity contribution in [3.8, 4) is 11.1 Å². The zero-order valence-corrected chi connectivity index (χ0v) is 10.5. The van der Waals surface area contributed by atoms with Crippen LogP contribution in [0.25, 0.3) is 15.3 Å². The summed E-state index contributed by atoms with van der Waals surface area (Å²) in [4.78, 5) is 8.48. The van der Waals surface area contributed by atoms with Gasteiger partial charge in [-0.1, -0.05) is 23.5 Å². The first-order valence-electron chi connectivity index (χ1n) is 5.49. The van der Waals surface area contributed by atoms with Crippen LogP contribution in [0.1, 0.15) is 6.92 Å². The van der Waals surface area contributed by atoms with E-state index >= 15 is 0 Å². The summed E-state index contributed by atoms with van der Waals surface area (Å²) >= 11 is 1.51. The molecule has 0 saturated carbocycles. The van der Waals surface area contributed by atoms with Crippen LogP contribution in [0.3, 0.4) is 0 Å². The normalized spacial score (nSPS) is 10.9. The van der Waals surface area contributed by atoms with E-state index in [9.17, 15) is 0 Å². The number of benzene rings is 1. The molecule has 0 aliphatic rings. The lowest BCUT2D eigenvalue weighted by Crippen LogP contribution is -2.01. The Morgan fingerprint density at radius 3 is 2.94 bits per heavy atom. The number of nitrogens with zero attached hydrogens (tertiary/aromatic N) is 4. The van der Waals surface area contributed by atoms with Crippen molar-refractivity contribution in [2.45, 2.75) is 6.92 Å². The second-order valence-corrected chi connectivity index (χ2v) is 4.57. The number of anilines is 1. The van der Waals surface area contributed by atoms with Gasteiger partial charge in [-0.25, -0.2) is 4.98 Å². The highest BCUT2D eigenvalue weighted by Gasteiger charge is 2.13. The summed E-state index contributed by atoms with van der Waals surface area (Å²) in [6.45, 7) is 2.37. The minimum absolute atomic E-state index is 0.272. The molecular formula is C11H11N5OS. The fourth-order valence-electron chi connectivity index (χ4n) is 1.59. The number of aromatic nitrogens is 4. The average Bonchev–Trinajstić information content (AvgIpc) is 2.92. The van der Waals surface area contributed by atoms with Crippen molar-refractivity contribution < 1.29 is 4.74 Å². The summed E-state index contributed by atoms with van der Waals surface area (Å²) in [7, 11) is 0. The van der Waals surface area contributed by atoms with Crippen molar-refractivity contribution in [2.75, 3.05) is 12.3 Å². The SMILES string of the molecule is CCOc1nc(N)n(-c2nc3ccccc3s2)n1. The van der Waals surface area contributed by atoms with Gasteiger partial charge in [0, 0.05) is 0 Å². The molecular weight excluding hydrogens is 250 g/mol. The number of hydrogen-bond donors (Lipinski definition) is 1. The fraction of sp³-hybridized carbons (Fsp3) is 0.182. The minimum Gasteiger partial charge on any atom is -0.463 e. The van der Waals surface area contributed by atoms with Crippen LogP contribution in [0.2, 0.25) is 0 Å². The van der Waals surface area contributed by atoms with Gasteiger partial charge in [-0.15, -0.1) is 5.10 Å². The molecule has 18 heavy (non-hydrogen) atoms. The van der Waals surface area contributed by atoms with Gasteiger partial charge in [0.25, 0.3) is 0 Å². The lowest BCUT2D eigenvalue weighted by molar-refractivity contribution is 0.312. The first-order valence-corrected chi connectivity index (χ1v) is 6.31. The van der Waals surface area contributed by atoms with Crippen molar-refractivity contribution >= 4 is 27.5 Å². The smallest absolute Gasteiger partial charge is 0.337 e. The molecule has 0 unspecified atom stereocenters. The molecule has 0 amide bonds. The molecule has 3 rings (SSSR count). The van der Waals surface area contributed by atoms with Gasteiger partial charge in [0.05, 0.1) is 16.8 Å². The van der Waals surface area contributed by atoms with Crippen molar-refractivity contribution in [2.24, 2.45) is 0 Å². The second-order valence-electron chi connectivity index (χ2n) is 3.56. The van der Waals surface area contributed by atoms with Crippen LogP contribution in [0.5, 0.6) is 6.01 Å². The van der Waals surface area contributed by atoms with Gasteiger partial charge in [-0.05, 0) is 19.1 Å². The highest BCUT2D eigenvalue weighted by atomic mass is 32.1. The highest BCUT2D eigenvalue weighted by molar-refractivity contribution is 7.20. The Morgan fingerprint density at radius 1 is 1.33 bits per heavy atom. The number of ether oxygens (including phenoxy) is 1. The molecule has 92 valence electrons. The molecule has 6 nitrogen and oxygen atoms in total. The number of para-hydroxylation sites is 1. The Balaban J connectivity index is 2.08. The molecule has 0 bridgehead atoms. The van der Waals surface area contributed by atoms with Gasteiger partial charge in [0.2, 0.25) is 11.1 Å². The maximum atomic E-state index is 5.80. The van der Waals surface area contributed by atoms with Gasteiger partial charge < -0.3 is 10.5 Å². The Labute approximate surface area is 107 Å². The van der Waals surface area contributed by atoms with Crippen LogP contribution in [0, 0.1) is 0 Å². The Hall–Kier alpha value is -2.15. The van der Waals surface area contributed by atoms with E-state index in [4.69, 9.17) is 10.5 Å². The first kappa shape index (κ1) is 11.0. The fourth-order valence-corrected chi connectivity index (χ4v) is 2.51. The third-order valence-corrected chi connectivity index (χ3v) is 3.36. The van der Waals surface area contributed by atoms with Crippen molar-refractivity contribution in [1.29, 1.82) is 0 Å². The van der Waals surface area contributed by atoms with E-state index < -0.39 is 0 Å². The molecule has 3 aromatic rings. The van der Waals surface area contributed by atoms with E-state index in [1.165, 1.54) is 16.0 Å². The van der Waals surface area contributed by atoms with Crippen molar-refractivity contribution in [3.05, 3.63) is 24.3 Å². The van der Waals surface area contributed by atoms with Gasteiger partial charge in [-0.2, -0.15) is 9.67 Å². The van der Waals surface area contributed by atoms with Crippen LogP contribution < -0.4 is 10.5 Å². The highest BCUT2D eigenvalue weighted by Crippen LogP contribution is 2.25. The van der Waals surface area contributed by atoms with Gasteiger partial charge in [0.15, 0.2) is 0 Å². The predicted octanol–water partition coefficient (Wildman–Crippen LogP) is 1.86. The van der Waals surface area contributed by atoms with E-state index in [-0.39, 0.29) is 12.0 Å². The molecule has 2 N–H and O–H groups in total. The lowest BCUT2D eigenvalue weighted by atomic mass is 10.3. The number of rotatable bonds is 3. The molecule has 0 atom stereocenters. The largest absolute Gasteiger partial charge is 0.463 e. The molecule has 0 spiro atoms. The number of fused-ring (bicyclic) bond motifs is 1. The number of nitrogen functional groups attached to an aromatic ring is 1. The van der Waals surface area contributed by atoms with Gasteiger partial charge in [0.1, 0.15) is 0 Å². The van der Waals surface area contributed by atoms with E-state index in [0.717, 1.165) is 10.2 Å². The third kappa shape index (κ3) is 1.78. The first-order chi connectivity index (χ1) is 8.78. The van der Waals surface area contributed by atoms with Crippen LogP contribution in [0.4, 0.5) is 5.95 Å². The van der Waals surface area contributed by atoms with E-state index in [0.29, 0.717) is 11.7 Å². The second kappa shape index (κ2) is 4.26. The Bertz CT molecular complexity index is 657. The summed E-state index contributed by atoms with van der Waals surface area (Å²) in [6, 6.07) is 8.15. The summed E-state index contributed by atoms with van der Waals surface area (Å²) in [5.41, 5.74) is 6.72. The third-order valence-electron chi connectivity index (χ3n) is 2.35. The number of nitrogens with two attached hydrogens (primary N) is 1. The zero-order valence-electron chi connectivity index (χ0n) is 9.70. The summed E-state index contributed by atoms with van der Waals surface area (Å²) in [5, 5.41) is 4.86. The topological polar surface area (TPSA) is 78.9 Å². The van der Waals surface area contributed by atoms with Crippen LogP contribution >= 0.6 is 11.3 Å². The van der Waals surface area contributed by atoms with Gasteiger partial charge >= 0.3 is 6.01 Å². The number of hydrogen-bond acceptors (Lipinski definition) is 6. The molecule has 2 aromatic heterocycles. The molecule has 1 aromatic carbocycles. The molecule has 0 fully saturated rings. The van der Waals surface area contributed by atoms with Crippen LogP contribution in [0.15, 0.2) is 24.3 Å². The molecule has 0 saturated heterocycles. The zero-order chi connectivity index (χ0) is 12.5. The van der Waals surface area contributed by atoms with Gasteiger partial charge in [-0.3, -0.25) is 0 Å². The van der Waals surface area contributed by atoms with E-state index in [1.54, 1.807) is 0 Å². The summed E-state index contributed by atoms with van der Waals surface area (Å²) < 4.78 is 7.80. The lowest BCUT2D eigenvalue weighted by Gasteiger charge is -1.94. The Morgan fingerprint density at radius 2 is 2.17 bits per heavy atom. The van der Waals surface area contributed by atoms with Crippen LogP contribution in [-0.4, -0.2) is 26.4 Å². The molecule has 0 aliphatic carbocycles. The average molecular weight is 261 g/mol. The minimum atomic E-state index is 0.272. The standard InChI is InChI=1S/C11H11N5OS/c1-2-17-10-14-9(12)16(15-10)11-13-7-5-3-4-6-8(7)18-11/h3-6H,2H2,1H3,(H2,12,14,15). The van der Waals surface area contributed by atoms with E-state index in [1.807, 2.05) is 31.2 Å². The van der Waals surface area contributed by atoms with Crippen molar-refractivity contribution in [1.82, 2.24) is 19.7 Å². The summed E-state index contributed by atoms with van der Waals surface area (Å²) in [5.74, 6) is 0.275. The maximum absolute atomic E-state index is 5.80. The van der Waals surface area contributed by atoms with Crippen molar-refractivity contribution in [3.63, 3.8) is 0 Å². The molecule has 0 radical (unpaired) electrons. The number of thiazole rings is 1. The maximum Gasteiger partial charge on any atom is 0.337 e. The molecule has 7 heteroatoms.